The van der Waals surface area contributed by atoms with Gasteiger partial charge in [-0.25, -0.2) is 17.6 Å². The van der Waals surface area contributed by atoms with Gasteiger partial charge in [-0.1, -0.05) is 206 Å². The molecule has 2 aliphatic rings. The van der Waals surface area contributed by atoms with Crippen molar-refractivity contribution in [1.82, 2.24) is 0 Å². The molecule has 0 N–H and O–H groups in total. The highest BCUT2D eigenvalue weighted by Crippen LogP contribution is 2.60. The van der Waals surface area contributed by atoms with Crippen LogP contribution in [0.2, 0.25) is 0 Å². The highest BCUT2D eigenvalue weighted by molar-refractivity contribution is 5.92. The van der Waals surface area contributed by atoms with Crippen LogP contribution in [0.5, 0.6) is 0 Å². The zero-order valence-electron chi connectivity index (χ0n) is 49.2. The summed E-state index contributed by atoms with van der Waals surface area (Å²) in [6.45, 7) is 16.7. The van der Waals surface area contributed by atoms with E-state index < -0.39 is 34.1 Å². The molecule has 2 unspecified atom stereocenters. The molecule has 0 saturated carbocycles. The van der Waals surface area contributed by atoms with Gasteiger partial charge in [0, 0.05) is 46.3 Å². The molecule has 12 aromatic carbocycles. The lowest BCUT2D eigenvalue weighted by Gasteiger charge is -2.36. The fraction of sp³-hybridized carbons (Fsp3) is 0.0732. The Hall–Kier alpha value is -10.6. The van der Waals surface area contributed by atoms with Crippen LogP contribution < -0.4 is 9.80 Å². The van der Waals surface area contributed by atoms with Crippen LogP contribution in [0.3, 0.4) is 0 Å². The zero-order chi connectivity index (χ0) is 60.6. The van der Waals surface area contributed by atoms with E-state index in [1.165, 1.54) is 24.3 Å². The Morgan fingerprint density at radius 3 is 1.01 bits per heavy atom. The van der Waals surface area contributed by atoms with E-state index in [4.69, 9.17) is 0 Å². The second-order valence-electron chi connectivity index (χ2n) is 23.3. The summed E-state index contributed by atoms with van der Waals surface area (Å²) in [4.78, 5) is 3.96. The maximum Gasteiger partial charge on any atom is 0.160 e. The lowest BCUT2D eigenvalue weighted by molar-refractivity contribution is 0.509. The molecule has 0 amide bonds. The molecule has 0 radical (unpaired) electrons. The van der Waals surface area contributed by atoms with Crippen molar-refractivity contribution in [1.29, 1.82) is 0 Å². The molecule has 0 fully saturated rings. The molecule has 2 aliphatic carbocycles. The van der Waals surface area contributed by atoms with Gasteiger partial charge in [-0.3, -0.25) is 0 Å². The summed E-state index contributed by atoms with van der Waals surface area (Å²) < 4.78 is 61.0. The van der Waals surface area contributed by atoms with E-state index in [1.807, 2.05) is 70.5 Å². The average Bonchev–Trinajstić information content (AvgIpc) is 1.57. The third kappa shape index (κ3) is 8.84. The highest BCUT2D eigenvalue weighted by Gasteiger charge is 2.49. The number of benzene rings is 12. The number of hydrogen-bond acceptors (Lipinski definition) is 2. The quantitative estimate of drug-likeness (QED) is 0.106. The molecular formula is C82H60F4N2. The molecule has 0 heterocycles. The molecule has 2 atom stereocenters. The first-order chi connectivity index (χ1) is 42.8. The van der Waals surface area contributed by atoms with Crippen LogP contribution in [0.15, 0.2) is 268 Å². The van der Waals surface area contributed by atoms with E-state index in [9.17, 15) is 8.78 Å². The van der Waals surface area contributed by atoms with Crippen molar-refractivity contribution in [2.24, 2.45) is 0 Å². The van der Waals surface area contributed by atoms with Gasteiger partial charge >= 0.3 is 0 Å². The number of fused-ring (bicyclic) bond motifs is 6. The first-order valence-corrected chi connectivity index (χ1v) is 29.6. The van der Waals surface area contributed by atoms with Crippen molar-refractivity contribution in [2.45, 2.75) is 38.5 Å². The van der Waals surface area contributed by atoms with E-state index in [0.717, 1.165) is 134 Å². The predicted molar refractivity (Wildman–Crippen MR) is 355 cm³/mol. The average molecular weight is 1150 g/mol. The Kier molecular flexibility index (Phi) is 13.7. The molecule has 426 valence electrons. The fourth-order valence-electron chi connectivity index (χ4n) is 14.1. The van der Waals surface area contributed by atoms with Crippen LogP contribution in [0.1, 0.15) is 77.9 Å². The molecule has 12 aromatic rings. The summed E-state index contributed by atoms with van der Waals surface area (Å²) in [5, 5.41) is 0. The lowest BCUT2D eigenvalue weighted by atomic mass is 9.66. The summed E-state index contributed by atoms with van der Waals surface area (Å²) in [5.41, 5.74) is 24.1. The van der Waals surface area contributed by atoms with Crippen LogP contribution in [-0.4, -0.2) is 0 Å². The minimum absolute atomic E-state index is 0.448. The van der Waals surface area contributed by atoms with E-state index in [-0.39, 0.29) is 0 Å². The normalized spacial score (nSPS) is 15.2. The van der Waals surface area contributed by atoms with Crippen molar-refractivity contribution in [3.8, 4) is 33.4 Å². The molecule has 0 aliphatic heterocycles. The fourth-order valence-corrected chi connectivity index (χ4v) is 14.1. The summed E-state index contributed by atoms with van der Waals surface area (Å²) in [6.07, 6.45) is 3.71. The number of rotatable bonds is 13. The van der Waals surface area contributed by atoms with Gasteiger partial charge in [-0.15, -0.1) is 0 Å². The Balaban J connectivity index is 0.880. The SMILES string of the molecule is C=Cc1ccc(C2(c3cc(C)ccc3C)c3ccccc3-c3ccc(N(c4ccc(-c5ccc(N(c6ccc(F)c(F)c6)c6ccc7c(c6)C(c6ccc(C=C)cc6)(c6cc(C)ccc6C)c6ccccc6-7)cc5)cc4)c4ccc(F)c(F)c4)cc32)cc1. The van der Waals surface area contributed by atoms with Gasteiger partial charge in [0.15, 0.2) is 23.3 Å². The third-order valence-corrected chi connectivity index (χ3v) is 18.2. The summed E-state index contributed by atoms with van der Waals surface area (Å²) in [5.74, 6) is -3.79. The second-order valence-corrected chi connectivity index (χ2v) is 23.3. The Bertz CT molecular complexity index is 4450. The van der Waals surface area contributed by atoms with E-state index >= 15 is 8.78 Å². The van der Waals surface area contributed by atoms with Crippen molar-refractivity contribution in [3.05, 3.63) is 369 Å². The van der Waals surface area contributed by atoms with Gasteiger partial charge in [0.2, 0.25) is 0 Å². The molecule has 6 heteroatoms. The number of nitrogens with zero attached hydrogens (tertiary/aromatic N) is 2. The standard InChI is InChI=1S/C82H60F4N2/c1-7-55-21-29-59(30-22-55)81(73-45-51(3)17-19-53(73)5)71-15-11-9-13-67(71)69-41-37-63(47-75(69)81)87(65-39-43-77(83)79(85)49-65)61-33-25-57(26-34-61)58-27-35-62(36-28-58)88(66-40-44-78(84)80(86)50-66)64-38-42-70-68-14-10-12-16-72(68)82(76(70)48-64,60-31-23-56(8-2)24-32-60)74-46-52(4)18-20-54(74)6/h7-50H,1-2H2,3-6H3. The maximum absolute atomic E-state index is 15.6. The highest BCUT2D eigenvalue weighted by atomic mass is 19.2. The predicted octanol–water partition coefficient (Wildman–Crippen LogP) is 22.1. The number of aryl methyl sites for hydroxylation is 4. The van der Waals surface area contributed by atoms with Gasteiger partial charge in [-0.05, 0) is 201 Å². The van der Waals surface area contributed by atoms with Gasteiger partial charge < -0.3 is 9.80 Å². The summed E-state index contributed by atoms with van der Waals surface area (Å²) in [7, 11) is 0. The molecule has 0 bridgehead atoms. The molecule has 2 nitrogen and oxygen atoms in total. The van der Waals surface area contributed by atoms with Gasteiger partial charge in [0.05, 0.1) is 10.8 Å². The Morgan fingerprint density at radius 2 is 0.636 bits per heavy atom. The molecular weight excluding hydrogens is 1090 g/mol. The molecule has 0 aromatic heterocycles. The minimum Gasteiger partial charge on any atom is -0.310 e. The zero-order valence-corrected chi connectivity index (χ0v) is 49.2. The van der Waals surface area contributed by atoms with E-state index in [0.29, 0.717) is 11.4 Å². The molecule has 0 spiro atoms. The van der Waals surface area contributed by atoms with E-state index in [2.05, 4.69) is 211 Å². The topological polar surface area (TPSA) is 6.48 Å². The van der Waals surface area contributed by atoms with Crippen LogP contribution >= 0.6 is 0 Å². The Morgan fingerprint density at radius 1 is 0.295 bits per heavy atom. The van der Waals surface area contributed by atoms with Gasteiger partial charge in [-0.2, -0.15) is 0 Å². The smallest absolute Gasteiger partial charge is 0.160 e. The maximum atomic E-state index is 15.6. The van der Waals surface area contributed by atoms with Crippen molar-refractivity contribution < 1.29 is 17.6 Å². The van der Waals surface area contributed by atoms with Crippen LogP contribution in [-0.2, 0) is 10.8 Å². The largest absolute Gasteiger partial charge is 0.310 e. The first kappa shape index (κ1) is 55.3. The number of hydrogen-bond donors (Lipinski definition) is 0. The molecule has 14 rings (SSSR count). The lowest BCUT2D eigenvalue weighted by Crippen LogP contribution is -2.30. The van der Waals surface area contributed by atoms with Crippen LogP contribution in [0.25, 0.3) is 45.5 Å². The van der Waals surface area contributed by atoms with Crippen LogP contribution in [0, 0.1) is 51.0 Å². The van der Waals surface area contributed by atoms with Crippen LogP contribution in [0.4, 0.5) is 51.7 Å². The number of anilines is 6. The molecule has 0 saturated heterocycles. The first-order valence-electron chi connectivity index (χ1n) is 29.6. The second kappa shape index (κ2) is 21.7. The monoisotopic (exact) mass is 1150 g/mol. The van der Waals surface area contributed by atoms with Gasteiger partial charge in [0.1, 0.15) is 0 Å². The Labute approximate surface area is 511 Å². The van der Waals surface area contributed by atoms with Crippen molar-refractivity contribution in [2.75, 3.05) is 9.80 Å². The third-order valence-electron chi connectivity index (χ3n) is 18.2. The summed E-state index contributed by atoms with van der Waals surface area (Å²) >= 11 is 0. The van der Waals surface area contributed by atoms with Crippen molar-refractivity contribution in [3.63, 3.8) is 0 Å². The molecule has 88 heavy (non-hydrogen) atoms. The van der Waals surface area contributed by atoms with Gasteiger partial charge in [0.25, 0.3) is 0 Å². The minimum atomic E-state index is -0.957. The number of halogens is 4. The van der Waals surface area contributed by atoms with Crippen molar-refractivity contribution >= 4 is 46.3 Å². The summed E-state index contributed by atoms with van der Waals surface area (Å²) in [6, 6.07) is 84.8. The van der Waals surface area contributed by atoms with E-state index in [1.54, 1.807) is 12.1 Å².